The van der Waals surface area contributed by atoms with Gasteiger partial charge in [-0.15, -0.1) is 11.6 Å². The van der Waals surface area contributed by atoms with Gasteiger partial charge in [-0.1, -0.05) is 18.2 Å². The van der Waals surface area contributed by atoms with Gasteiger partial charge in [-0.3, -0.25) is 24.5 Å². The van der Waals surface area contributed by atoms with Crippen LogP contribution in [0, 0.1) is 10.1 Å². The first-order valence-electron chi connectivity index (χ1n) is 9.90. The Morgan fingerprint density at radius 2 is 2.09 bits per heavy atom. The molecule has 2 atom stereocenters. The van der Waals surface area contributed by atoms with Crippen molar-refractivity contribution in [2.45, 2.75) is 24.4 Å². The molecule has 10 nitrogen and oxygen atoms in total. The fourth-order valence-electron chi connectivity index (χ4n) is 3.75. The molecule has 1 aliphatic rings. The number of non-ortho nitro benzene ring substituents is 1. The van der Waals surface area contributed by atoms with E-state index in [2.05, 4.69) is 10.4 Å². The molecule has 2 unspecified atom stereocenters. The van der Waals surface area contributed by atoms with Gasteiger partial charge >= 0.3 is 6.03 Å². The normalized spacial score (nSPS) is 17.8. The second-order valence-corrected chi connectivity index (χ2v) is 7.72. The van der Waals surface area contributed by atoms with Crippen molar-refractivity contribution < 1.29 is 19.2 Å². The van der Waals surface area contributed by atoms with E-state index in [0.29, 0.717) is 29.8 Å². The average molecular weight is 458 g/mol. The van der Waals surface area contributed by atoms with Crippen LogP contribution in [0.25, 0.3) is 10.9 Å². The molecule has 1 aliphatic heterocycles. The number of halogens is 1. The van der Waals surface area contributed by atoms with E-state index >= 15 is 0 Å². The number of nitrogens with one attached hydrogen (secondary N) is 1. The number of β-lactam (4-membered cyclic amide) rings is 1. The van der Waals surface area contributed by atoms with E-state index < -0.39 is 28.3 Å². The van der Waals surface area contributed by atoms with Crippen LogP contribution < -0.4 is 10.1 Å². The van der Waals surface area contributed by atoms with Gasteiger partial charge in [0.25, 0.3) is 11.6 Å². The average Bonchev–Trinajstić information content (AvgIpc) is 3.21. The lowest BCUT2D eigenvalue weighted by Gasteiger charge is -2.43. The van der Waals surface area contributed by atoms with Crippen LogP contribution in [-0.2, 0) is 11.3 Å². The summed E-state index contributed by atoms with van der Waals surface area (Å²) >= 11 is 6.20. The molecule has 1 saturated heterocycles. The number of carbonyl (C=O) groups is 2. The van der Waals surface area contributed by atoms with Crippen LogP contribution in [0.5, 0.6) is 5.75 Å². The molecule has 0 aliphatic carbocycles. The fraction of sp³-hybridized carbons (Fsp3) is 0.286. The molecule has 166 valence electrons. The van der Waals surface area contributed by atoms with Gasteiger partial charge in [0.05, 0.1) is 29.8 Å². The van der Waals surface area contributed by atoms with Gasteiger partial charge in [0, 0.05) is 36.2 Å². The third-order valence-corrected chi connectivity index (χ3v) is 5.79. The smallest absolute Gasteiger partial charge is 0.324 e. The van der Waals surface area contributed by atoms with Gasteiger partial charge in [-0.2, -0.15) is 5.10 Å². The lowest BCUT2D eigenvalue weighted by Crippen LogP contribution is -2.61. The lowest BCUT2D eigenvalue weighted by molar-refractivity contribution is -0.384. The van der Waals surface area contributed by atoms with Crippen LogP contribution in [-0.4, -0.2) is 50.6 Å². The number of nitrogens with zero attached hydrogens (tertiary/aromatic N) is 4. The molecule has 32 heavy (non-hydrogen) atoms. The Morgan fingerprint density at radius 3 is 2.84 bits per heavy atom. The van der Waals surface area contributed by atoms with E-state index in [1.165, 1.54) is 19.2 Å². The number of methoxy groups -OCH3 is 1. The highest BCUT2D eigenvalue weighted by Crippen LogP contribution is 2.42. The predicted molar refractivity (Wildman–Crippen MR) is 117 cm³/mol. The number of ether oxygens (including phenoxy) is 1. The number of hydrogen-bond donors (Lipinski definition) is 1. The van der Waals surface area contributed by atoms with E-state index in [4.69, 9.17) is 16.3 Å². The SMILES string of the molecule is COc1ccccc1C1C(Cl)C(=O)N1C(=O)NCCCn1ncc2ccc([N+](=O)[O-])cc21. The number of benzene rings is 2. The number of imide groups is 1. The predicted octanol–water partition coefficient (Wildman–Crippen LogP) is 3.24. The van der Waals surface area contributed by atoms with Crippen molar-refractivity contribution in [2.75, 3.05) is 13.7 Å². The first-order valence-corrected chi connectivity index (χ1v) is 10.3. The number of para-hydroxylation sites is 1. The third kappa shape index (κ3) is 3.84. The number of rotatable bonds is 7. The Labute approximate surface area is 187 Å². The van der Waals surface area contributed by atoms with Crippen LogP contribution in [0.1, 0.15) is 18.0 Å². The van der Waals surface area contributed by atoms with Gasteiger partial charge in [0.2, 0.25) is 0 Å². The van der Waals surface area contributed by atoms with Gasteiger partial charge in [-0.05, 0) is 18.6 Å². The monoisotopic (exact) mass is 457 g/mol. The molecule has 11 heteroatoms. The third-order valence-electron chi connectivity index (χ3n) is 5.37. The van der Waals surface area contributed by atoms with Crippen molar-refractivity contribution in [3.63, 3.8) is 0 Å². The van der Waals surface area contributed by atoms with Crippen molar-refractivity contribution in [1.82, 2.24) is 20.0 Å². The van der Waals surface area contributed by atoms with E-state index in [1.54, 1.807) is 41.2 Å². The molecule has 2 heterocycles. The Hall–Kier alpha value is -3.66. The summed E-state index contributed by atoms with van der Waals surface area (Å²) < 4.78 is 6.98. The second-order valence-electron chi connectivity index (χ2n) is 7.25. The molecule has 4 rings (SSSR count). The van der Waals surface area contributed by atoms with Crippen LogP contribution in [0.15, 0.2) is 48.7 Å². The van der Waals surface area contributed by atoms with Gasteiger partial charge < -0.3 is 10.1 Å². The zero-order valence-electron chi connectivity index (χ0n) is 17.1. The van der Waals surface area contributed by atoms with Crippen molar-refractivity contribution in [2.24, 2.45) is 0 Å². The largest absolute Gasteiger partial charge is 0.496 e. The molecule has 0 radical (unpaired) electrons. The topological polar surface area (TPSA) is 120 Å². The Morgan fingerprint density at radius 1 is 1.31 bits per heavy atom. The summed E-state index contributed by atoms with van der Waals surface area (Å²) in [6.45, 7) is 0.720. The second kappa shape index (κ2) is 8.83. The van der Waals surface area contributed by atoms with Crippen molar-refractivity contribution in [3.05, 3.63) is 64.3 Å². The summed E-state index contributed by atoms with van der Waals surface area (Å²) in [4.78, 5) is 36.6. The number of nitro groups is 1. The Bertz CT molecular complexity index is 1200. The number of fused-ring (bicyclic) bond motifs is 1. The minimum Gasteiger partial charge on any atom is -0.496 e. The Balaban J connectivity index is 1.38. The van der Waals surface area contributed by atoms with Crippen LogP contribution in [0.4, 0.5) is 10.5 Å². The van der Waals surface area contributed by atoms with E-state index in [9.17, 15) is 19.7 Å². The molecule has 1 aromatic heterocycles. The number of urea groups is 1. The standard InChI is InChI=1S/C21H20ClN5O5/c1-32-17-6-3-2-5-15(17)19-18(22)20(28)26(19)21(29)23-9-4-10-25-16-11-14(27(30)31)8-7-13(16)12-24-25/h2-3,5-8,11-12,18-19H,4,9-10H2,1H3,(H,23,29). The molecule has 0 saturated carbocycles. The lowest BCUT2D eigenvalue weighted by atomic mass is 9.93. The molecule has 1 fully saturated rings. The molecule has 3 amide bonds. The van der Waals surface area contributed by atoms with Crippen molar-refractivity contribution in [3.8, 4) is 5.75 Å². The highest BCUT2D eigenvalue weighted by molar-refractivity contribution is 6.35. The Kier molecular flexibility index (Phi) is 5.95. The number of amides is 3. The maximum absolute atomic E-state index is 12.7. The number of alkyl halides is 1. The maximum atomic E-state index is 12.7. The highest BCUT2D eigenvalue weighted by Gasteiger charge is 2.51. The van der Waals surface area contributed by atoms with Crippen LogP contribution in [0.3, 0.4) is 0 Å². The minimum atomic E-state index is -0.844. The fourth-order valence-corrected chi connectivity index (χ4v) is 4.10. The summed E-state index contributed by atoms with van der Waals surface area (Å²) in [6, 6.07) is 10.5. The molecular formula is C21H20ClN5O5. The molecular weight excluding hydrogens is 438 g/mol. The van der Waals surface area contributed by atoms with E-state index in [-0.39, 0.29) is 12.2 Å². The quantitative estimate of drug-likeness (QED) is 0.191. The van der Waals surface area contributed by atoms with Crippen LogP contribution in [0.2, 0.25) is 0 Å². The number of carbonyl (C=O) groups excluding carboxylic acids is 2. The first kappa shape index (κ1) is 21.6. The molecule has 0 spiro atoms. The maximum Gasteiger partial charge on any atom is 0.324 e. The summed E-state index contributed by atoms with van der Waals surface area (Å²) in [7, 11) is 1.51. The molecule has 1 N–H and O–H groups in total. The van der Waals surface area contributed by atoms with Crippen molar-refractivity contribution >= 4 is 40.1 Å². The highest BCUT2D eigenvalue weighted by atomic mass is 35.5. The van der Waals surface area contributed by atoms with Crippen molar-refractivity contribution in [1.29, 1.82) is 0 Å². The van der Waals surface area contributed by atoms with Gasteiger partial charge in [-0.25, -0.2) is 4.79 Å². The molecule has 3 aromatic rings. The number of likely N-dealkylation sites (tertiary alicyclic amines) is 1. The molecule has 0 bridgehead atoms. The number of nitro benzene ring substituents is 1. The zero-order valence-corrected chi connectivity index (χ0v) is 17.9. The van der Waals surface area contributed by atoms with E-state index in [0.717, 1.165) is 10.3 Å². The van der Waals surface area contributed by atoms with E-state index in [1.807, 2.05) is 0 Å². The van der Waals surface area contributed by atoms with Gasteiger partial charge in [0.15, 0.2) is 0 Å². The molecule has 2 aromatic carbocycles. The number of hydrogen-bond acceptors (Lipinski definition) is 6. The zero-order chi connectivity index (χ0) is 22.8. The summed E-state index contributed by atoms with van der Waals surface area (Å²) in [5.41, 5.74) is 1.29. The van der Waals surface area contributed by atoms with Gasteiger partial charge in [0.1, 0.15) is 11.1 Å². The minimum absolute atomic E-state index is 0.0122. The number of aromatic nitrogens is 2. The first-order chi connectivity index (χ1) is 15.4. The number of aryl methyl sites for hydroxylation is 1. The summed E-state index contributed by atoms with van der Waals surface area (Å²) in [5.74, 6) is 0.0820. The van der Waals surface area contributed by atoms with Crippen LogP contribution >= 0.6 is 11.6 Å². The summed E-state index contributed by atoms with van der Waals surface area (Å²) in [6.07, 6.45) is 2.14. The summed E-state index contributed by atoms with van der Waals surface area (Å²) in [5, 5.41) is 17.9.